The van der Waals surface area contributed by atoms with Crippen LogP contribution in [-0.2, 0) is 0 Å². The highest BCUT2D eigenvalue weighted by atomic mass is 16.5. The molecule has 2 N–H and O–H groups in total. The summed E-state index contributed by atoms with van der Waals surface area (Å²) in [5, 5.41) is 5.38. The highest BCUT2D eigenvalue weighted by Gasteiger charge is 2.10. The molecule has 90 valence electrons. The first-order valence-corrected chi connectivity index (χ1v) is 5.58. The molecule has 0 saturated heterocycles. The Kier molecular flexibility index (Phi) is 3.04. The molecule has 0 saturated carbocycles. The Bertz CT molecular complexity index is 567. The van der Waals surface area contributed by atoms with Crippen LogP contribution in [-0.4, -0.2) is 17.3 Å². The molecule has 0 amide bonds. The van der Waals surface area contributed by atoms with E-state index in [4.69, 9.17) is 4.74 Å². The predicted molar refractivity (Wildman–Crippen MR) is 67.5 cm³/mol. The van der Waals surface area contributed by atoms with Crippen molar-refractivity contribution in [2.75, 3.05) is 7.11 Å². The third kappa shape index (κ3) is 2.25. The maximum Gasteiger partial charge on any atom is 0.264 e. The maximum absolute atomic E-state index is 11.2. The number of nitrogens with one attached hydrogen (secondary N) is 2. The first-order valence-electron chi connectivity index (χ1n) is 5.58. The van der Waals surface area contributed by atoms with Crippen LogP contribution in [0.3, 0.4) is 0 Å². The Labute approximate surface area is 99.6 Å². The number of aromatic amines is 2. The molecule has 0 aliphatic rings. The molecular formula is C13H16N2O2. The van der Waals surface area contributed by atoms with E-state index in [1.54, 1.807) is 7.11 Å². The van der Waals surface area contributed by atoms with Gasteiger partial charge in [0.25, 0.3) is 5.56 Å². The molecule has 2 rings (SSSR count). The van der Waals surface area contributed by atoms with E-state index < -0.39 is 0 Å². The molecule has 0 spiro atoms. The minimum absolute atomic E-state index is 0.142. The Hall–Kier alpha value is -1.97. The van der Waals surface area contributed by atoms with E-state index in [1.165, 1.54) is 11.6 Å². The first-order chi connectivity index (χ1) is 8.11. The van der Waals surface area contributed by atoms with Crippen molar-refractivity contribution in [2.45, 2.75) is 19.8 Å². The number of H-pyrrole nitrogens is 2. The van der Waals surface area contributed by atoms with Crippen molar-refractivity contribution in [3.63, 3.8) is 0 Å². The summed E-state index contributed by atoms with van der Waals surface area (Å²) < 4.78 is 5.31. The zero-order chi connectivity index (χ0) is 12.4. The Balaban J connectivity index is 2.57. The Morgan fingerprint density at radius 2 is 1.94 bits per heavy atom. The van der Waals surface area contributed by atoms with Crippen LogP contribution in [0.25, 0.3) is 11.3 Å². The summed E-state index contributed by atoms with van der Waals surface area (Å²) in [6.07, 6.45) is 0. The van der Waals surface area contributed by atoms with Gasteiger partial charge in [-0.05, 0) is 23.6 Å². The lowest BCUT2D eigenvalue weighted by molar-refractivity contribution is 0.416. The van der Waals surface area contributed by atoms with Gasteiger partial charge in [-0.3, -0.25) is 15.0 Å². The molecule has 1 heterocycles. The summed E-state index contributed by atoms with van der Waals surface area (Å²) >= 11 is 0. The molecule has 0 atom stereocenters. The molecule has 0 fully saturated rings. The van der Waals surface area contributed by atoms with Gasteiger partial charge in [0.1, 0.15) is 5.75 Å². The fourth-order valence-corrected chi connectivity index (χ4v) is 1.77. The molecule has 4 heteroatoms. The second-order valence-electron chi connectivity index (χ2n) is 4.29. The van der Waals surface area contributed by atoms with Crippen LogP contribution in [0.5, 0.6) is 5.75 Å². The normalized spacial score (nSPS) is 10.8. The topological polar surface area (TPSA) is 57.9 Å². The molecular weight excluding hydrogens is 216 g/mol. The quantitative estimate of drug-likeness (QED) is 0.854. The monoisotopic (exact) mass is 232 g/mol. The van der Waals surface area contributed by atoms with Crippen molar-refractivity contribution >= 4 is 0 Å². The minimum Gasteiger partial charge on any atom is -0.496 e. The molecule has 1 aromatic carbocycles. The van der Waals surface area contributed by atoms with Crippen LogP contribution < -0.4 is 10.3 Å². The summed E-state index contributed by atoms with van der Waals surface area (Å²) in [5.74, 6) is 1.19. The number of rotatable bonds is 3. The van der Waals surface area contributed by atoms with Crippen LogP contribution in [0.15, 0.2) is 29.1 Å². The lowest BCUT2D eigenvalue weighted by Gasteiger charge is -2.11. The average molecular weight is 232 g/mol. The van der Waals surface area contributed by atoms with Gasteiger partial charge in [-0.15, -0.1) is 0 Å². The van der Waals surface area contributed by atoms with Gasteiger partial charge < -0.3 is 4.74 Å². The lowest BCUT2D eigenvalue weighted by Crippen LogP contribution is -1.94. The molecule has 2 aromatic rings. The second kappa shape index (κ2) is 4.49. The second-order valence-corrected chi connectivity index (χ2v) is 4.29. The lowest BCUT2D eigenvalue weighted by atomic mass is 9.99. The number of hydrogen-bond donors (Lipinski definition) is 2. The first kappa shape index (κ1) is 11.5. The third-order valence-corrected chi connectivity index (χ3v) is 2.78. The minimum atomic E-state index is -0.142. The summed E-state index contributed by atoms with van der Waals surface area (Å²) in [4.78, 5) is 11.2. The van der Waals surface area contributed by atoms with Crippen LogP contribution in [0, 0.1) is 0 Å². The van der Waals surface area contributed by atoms with Crippen LogP contribution in [0.2, 0.25) is 0 Å². The van der Waals surface area contributed by atoms with Crippen molar-refractivity contribution in [3.05, 3.63) is 40.2 Å². The van der Waals surface area contributed by atoms with E-state index >= 15 is 0 Å². The molecule has 1 aromatic heterocycles. The SMILES string of the molecule is COc1ccc(C(C)C)cc1-c1cc(=O)[nH][nH]1. The van der Waals surface area contributed by atoms with Crippen molar-refractivity contribution < 1.29 is 4.74 Å². The molecule has 0 unspecified atom stereocenters. The van der Waals surface area contributed by atoms with Gasteiger partial charge in [0.2, 0.25) is 0 Å². The zero-order valence-electron chi connectivity index (χ0n) is 10.2. The highest BCUT2D eigenvalue weighted by molar-refractivity contribution is 5.67. The number of hydrogen-bond acceptors (Lipinski definition) is 2. The van der Waals surface area contributed by atoms with Gasteiger partial charge >= 0.3 is 0 Å². The summed E-state index contributed by atoms with van der Waals surface area (Å²) in [7, 11) is 1.62. The van der Waals surface area contributed by atoms with Crippen molar-refractivity contribution in [2.24, 2.45) is 0 Å². The van der Waals surface area contributed by atoms with Crippen molar-refractivity contribution in [3.8, 4) is 17.0 Å². The van der Waals surface area contributed by atoms with Gasteiger partial charge in [0.05, 0.1) is 12.8 Å². The summed E-state index contributed by atoms with van der Waals surface area (Å²) in [6.45, 7) is 4.26. The Morgan fingerprint density at radius 1 is 1.18 bits per heavy atom. The Morgan fingerprint density at radius 3 is 2.47 bits per heavy atom. The van der Waals surface area contributed by atoms with Gasteiger partial charge in [0, 0.05) is 11.6 Å². The van der Waals surface area contributed by atoms with Crippen LogP contribution in [0.1, 0.15) is 25.3 Å². The standard InChI is InChI=1S/C13H16N2O2/c1-8(2)9-4-5-12(17-3)10(6-9)11-7-13(16)15-14-11/h4-8H,1-3H3,(H2,14,15,16). The molecule has 0 bridgehead atoms. The molecule has 4 nitrogen and oxygen atoms in total. The summed E-state index contributed by atoms with van der Waals surface area (Å²) in [5.41, 5.74) is 2.71. The van der Waals surface area contributed by atoms with E-state index in [0.29, 0.717) is 5.92 Å². The largest absolute Gasteiger partial charge is 0.496 e. The average Bonchev–Trinajstić information content (AvgIpc) is 2.74. The van der Waals surface area contributed by atoms with Crippen LogP contribution in [0.4, 0.5) is 0 Å². The van der Waals surface area contributed by atoms with E-state index in [0.717, 1.165) is 17.0 Å². The van der Waals surface area contributed by atoms with Crippen molar-refractivity contribution in [1.82, 2.24) is 10.2 Å². The summed E-state index contributed by atoms with van der Waals surface area (Å²) in [6, 6.07) is 7.54. The van der Waals surface area contributed by atoms with E-state index in [9.17, 15) is 4.79 Å². The van der Waals surface area contributed by atoms with E-state index in [2.05, 4.69) is 24.0 Å². The van der Waals surface area contributed by atoms with E-state index in [1.807, 2.05) is 18.2 Å². The number of aromatic nitrogens is 2. The molecule has 0 aliphatic carbocycles. The fraction of sp³-hybridized carbons (Fsp3) is 0.308. The number of methoxy groups -OCH3 is 1. The fourth-order valence-electron chi connectivity index (χ4n) is 1.77. The number of ether oxygens (including phenoxy) is 1. The van der Waals surface area contributed by atoms with Crippen LogP contribution >= 0.6 is 0 Å². The van der Waals surface area contributed by atoms with Crippen molar-refractivity contribution in [1.29, 1.82) is 0 Å². The zero-order valence-corrected chi connectivity index (χ0v) is 10.2. The molecule has 0 radical (unpaired) electrons. The van der Waals surface area contributed by atoms with Gasteiger partial charge in [-0.25, -0.2) is 0 Å². The maximum atomic E-state index is 11.2. The highest BCUT2D eigenvalue weighted by Crippen LogP contribution is 2.30. The van der Waals surface area contributed by atoms with Gasteiger partial charge in [-0.1, -0.05) is 19.9 Å². The predicted octanol–water partition coefficient (Wildman–Crippen LogP) is 2.50. The molecule has 17 heavy (non-hydrogen) atoms. The van der Waals surface area contributed by atoms with E-state index in [-0.39, 0.29) is 5.56 Å². The smallest absolute Gasteiger partial charge is 0.264 e. The number of benzene rings is 1. The molecule has 0 aliphatic heterocycles. The third-order valence-electron chi connectivity index (χ3n) is 2.78. The van der Waals surface area contributed by atoms with Gasteiger partial charge in [0.15, 0.2) is 0 Å². The van der Waals surface area contributed by atoms with Gasteiger partial charge in [-0.2, -0.15) is 0 Å².